The van der Waals surface area contributed by atoms with Crippen LogP contribution in [0, 0.1) is 11.6 Å². The zero-order valence-corrected chi connectivity index (χ0v) is 16.4. The Hall–Kier alpha value is -3.53. The van der Waals surface area contributed by atoms with Crippen molar-refractivity contribution in [3.63, 3.8) is 0 Å². The number of nitrogens with one attached hydrogen (secondary N) is 2. The zero-order chi connectivity index (χ0) is 21.3. The fraction of sp³-hybridized carbons (Fsp3) is 0.150. The lowest BCUT2D eigenvalue weighted by molar-refractivity contribution is -0.139. The van der Waals surface area contributed by atoms with Crippen molar-refractivity contribution in [2.45, 2.75) is 6.42 Å². The van der Waals surface area contributed by atoms with E-state index in [0.29, 0.717) is 32.7 Å². The molecule has 7 nitrogen and oxygen atoms in total. The lowest BCUT2D eigenvalue weighted by Gasteiger charge is -2.18. The first-order valence-electron chi connectivity index (χ1n) is 8.78. The summed E-state index contributed by atoms with van der Waals surface area (Å²) in [4.78, 5) is 28.5. The molecule has 0 aliphatic carbocycles. The Kier molecular flexibility index (Phi) is 5.32. The van der Waals surface area contributed by atoms with E-state index in [4.69, 9.17) is 9.47 Å². The van der Waals surface area contributed by atoms with Crippen LogP contribution in [0.4, 0.5) is 25.3 Å². The SMILES string of the molecule is COC(=O)Cc1sc(Nc2ccc(F)cc2F)nc1-c1ccc2c(c1)NC(=O)CO2. The molecule has 0 bridgehead atoms. The summed E-state index contributed by atoms with van der Waals surface area (Å²) in [6.07, 6.45) is -0.0446. The van der Waals surface area contributed by atoms with Gasteiger partial charge in [0.2, 0.25) is 0 Å². The quantitative estimate of drug-likeness (QED) is 0.596. The molecule has 0 fully saturated rings. The lowest BCUT2D eigenvalue weighted by Crippen LogP contribution is -2.25. The van der Waals surface area contributed by atoms with Gasteiger partial charge in [0.25, 0.3) is 5.91 Å². The number of anilines is 3. The number of hydrogen-bond acceptors (Lipinski definition) is 7. The number of carbonyl (C=O) groups excluding carboxylic acids is 2. The van der Waals surface area contributed by atoms with Crippen LogP contribution in [0.2, 0.25) is 0 Å². The first-order chi connectivity index (χ1) is 14.4. The molecule has 1 aromatic heterocycles. The van der Waals surface area contributed by atoms with Crippen molar-refractivity contribution < 1.29 is 27.8 Å². The molecular weight excluding hydrogens is 416 g/mol. The topological polar surface area (TPSA) is 89.5 Å². The summed E-state index contributed by atoms with van der Waals surface area (Å²) in [6.45, 7) is -0.0616. The van der Waals surface area contributed by atoms with Gasteiger partial charge in [-0.2, -0.15) is 0 Å². The highest BCUT2D eigenvalue weighted by Gasteiger charge is 2.21. The van der Waals surface area contributed by atoms with Crippen LogP contribution in [0.25, 0.3) is 11.3 Å². The maximum atomic E-state index is 14.0. The van der Waals surface area contributed by atoms with Crippen molar-refractivity contribution in [2.24, 2.45) is 0 Å². The van der Waals surface area contributed by atoms with Crippen molar-refractivity contribution in [3.8, 4) is 17.0 Å². The van der Waals surface area contributed by atoms with Gasteiger partial charge >= 0.3 is 5.97 Å². The Labute approximate surface area is 173 Å². The molecule has 1 amide bonds. The first kappa shape index (κ1) is 19.8. The minimum atomic E-state index is -0.769. The number of carbonyl (C=O) groups is 2. The Balaban J connectivity index is 1.71. The third-order valence-electron chi connectivity index (χ3n) is 4.29. The van der Waals surface area contributed by atoms with Gasteiger partial charge in [-0.1, -0.05) is 0 Å². The number of rotatable bonds is 5. The van der Waals surface area contributed by atoms with Crippen molar-refractivity contribution >= 4 is 39.7 Å². The van der Waals surface area contributed by atoms with Gasteiger partial charge in [-0.3, -0.25) is 9.59 Å². The van der Waals surface area contributed by atoms with Crippen molar-refractivity contribution in [1.29, 1.82) is 0 Å². The van der Waals surface area contributed by atoms with E-state index in [-0.39, 0.29) is 24.6 Å². The summed E-state index contributed by atoms with van der Waals surface area (Å²) in [5.41, 5.74) is 1.63. The maximum absolute atomic E-state index is 14.0. The van der Waals surface area contributed by atoms with Gasteiger partial charge in [-0.05, 0) is 30.3 Å². The molecular formula is C20H15F2N3O4S. The van der Waals surface area contributed by atoms with E-state index in [1.54, 1.807) is 18.2 Å². The number of esters is 1. The fourth-order valence-corrected chi connectivity index (χ4v) is 3.87. The Bertz CT molecular complexity index is 1150. The number of benzene rings is 2. The third kappa shape index (κ3) is 4.08. The molecule has 2 heterocycles. The maximum Gasteiger partial charge on any atom is 0.310 e. The van der Waals surface area contributed by atoms with Crippen LogP contribution in [-0.2, 0) is 20.7 Å². The van der Waals surface area contributed by atoms with E-state index in [1.807, 2.05) is 0 Å². The summed E-state index contributed by atoms with van der Waals surface area (Å²) in [5, 5.41) is 5.84. The van der Waals surface area contributed by atoms with Crippen molar-refractivity contribution in [1.82, 2.24) is 4.98 Å². The van der Waals surface area contributed by atoms with E-state index < -0.39 is 17.6 Å². The highest BCUT2D eigenvalue weighted by Crippen LogP contribution is 2.37. The standard InChI is InChI=1S/C20H15F2N3O4S/c1-28-18(27)8-16-19(10-2-5-15-14(6-10)23-17(26)9-29-15)25-20(30-16)24-13-4-3-11(21)7-12(13)22/h2-7H,8-9H2,1H3,(H,23,26)(H,24,25). The fourth-order valence-electron chi connectivity index (χ4n) is 2.89. The number of ether oxygens (including phenoxy) is 2. The highest BCUT2D eigenvalue weighted by molar-refractivity contribution is 7.16. The number of nitrogens with zero attached hydrogens (tertiary/aromatic N) is 1. The molecule has 0 radical (unpaired) electrons. The van der Waals surface area contributed by atoms with Crippen LogP contribution in [0.15, 0.2) is 36.4 Å². The number of halogens is 2. The molecule has 3 aromatic rings. The summed E-state index contributed by atoms with van der Waals surface area (Å²) in [7, 11) is 1.28. The third-order valence-corrected chi connectivity index (χ3v) is 5.26. The second-order valence-electron chi connectivity index (χ2n) is 6.34. The van der Waals surface area contributed by atoms with E-state index in [1.165, 1.54) is 13.2 Å². The molecule has 0 spiro atoms. The summed E-state index contributed by atoms with van der Waals surface area (Å²) in [5.74, 6) is -1.68. The molecule has 0 saturated carbocycles. The summed E-state index contributed by atoms with van der Waals surface area (Å²) >= 11 is 1.14. The zero-order valence-electron chi connectivity index (χ0n) is 15.6. The monoisotopic (exact) mass is 431 g/mol. The largest absolute Gasteiger partial charge is 0.482 e. The number of amides is 1. The van der Waals surface area contributed by atoms with Gasteiger partial charge in [-0.25, -0.2) is 13.8 Å². The van der Waals surface area contributed by atoms with E-state index in [9.17, 15) is 18.4 Å². The molecule has 4 rings (SSSR count). The van der Waals surface area contributed by atoms with Crippen LogP contribution in [0.1, 0.15) is 4.88 Å². The van der Waals surface area contributed by atoms with E-state index in [2.05, 4.69) is 15.6 Å². The molecule has 1 aliphatic heterocycles. The number of fused-ring (bicyclic) bond motifs is 1. The van der Waals surface area contributed by atoms with Gasteiger partial charge in [-0.15, -0.1) is 11.3 Å². The molecule has 0 saturated heterocycles. The minimum Gasteiger partial charge on any atom is -0.482 e. The molecule has 2 aromatic carbocycles. The smallest absolute Gasteiger partial charge is 0.310 e. The number of hydrogen-bond donors (Lipinski definition) is 2. The predicted octanol–water partition coefficient (Wildman–Crippen LogP) is 3.88. The second-order valence-corrected chi connectivity index (χ2v) is 7.42. The molecule has 1 aliphatic rings. The predicted molar refractivity (Wildman–Crippen MR) is 107 cm³/mol. The minimum absolute atomic E-state index is 0.0446. The van der Waals surface area contributed by atoms with E-state index in [0.717, 1.165) is 23.5 Å². The van der Waals surface area contributed by atoms with Crippen LogP contribution in [-0.4, -0.2) is 30.6 Å². The van der Waals surface area contributed by atoms with Gasteiger partial charge < -0.3 is 20.1 Å². The Morgan fingerprint density at radius 2 is 2.13 bits per heavy atom. The van der Waals surface area contributed by atoms with Crippen molar-refractivity contribution in [3.05, 3.63) is 52.9 Å². The lowest BCUT2D eigenvalue weighted by atomic mass is 10.1. The van der Waals surface area contributed by atoms with Gasteiger partial charge in [0.05, 0.1) is 30.6 Å². The average Bonchev–Trinajstić information content (AvgIpc) is 3.11. The van der Waals surface area contributed by atoms with E-state index >= 15 is 0 Å². The van der Waals surface area contributed by atoms with Gasteiger partial charge in [0, 0.05) is 16.5 Å². The van der Waals surface area contributed by atoms with Crippen LogP contribution in [0.5, 0.6) is 5.75 Å². The summed E-state index contributed by atoms with van der Waals surface area (Å²) < 4.78 is 37.3. The average molecular weight is 431 g/mol. The molecule has 2 N–H and O–H groups in total. The van der Waals surface area contributed by atoms with Gasteiger partial charge in [0.15, 0.2) is 11.7 Å². The van der Waals surface area contributed by atoms with Gasteiger partial charge in [0.1, 0.15) is 17.4 Å². The summed E-state index contributed by atoms with van der Waals surface area (Å²) in [6, 6.07) is 8.27. The number of aromatic nitrogens is 1. The molecule has 0 atom stereocenters. The second kappa shape index (κ2) is 8.07. The Morgan fingerprint density at radius 3 is 2.90 bits per heavy atom. The molecule has 0 unspecified atom stereocenters. The molecule has 10 heteroatoms. The number of thiazole rings is 1. The Morgan fingerprint density at radius 1 is 1.30 bits per heavy atom. The normalized spacial score (nSPS) is 12.6. The van der Waals surface area contributed by atoms with Crippen molar-refractivity contribution in [2.75, 3.05) is 24.4 Å². The van der Waals surface area contributed by atoms with Crippen LogP contribution < -0.4 is 15.4 Å². The van der Waals surface area contributed by atoms with Crippen LogP contribution in [0.3, 0.4) is 0 Å². The van der Waals surface area contributed by atoms with Crippen LogP contribution >= 0.6 is 11.3 Å². The molecule has 154 valence electrons. The molecule has 30 heavy (non-hydrogen) atoms. The highest BCUT2D eigenvalue weighted by atomic mass is 32.1. The first-order valence-corrected chi connectivity index (χ1v) is 9.60. The number of methoxy groups -OCH3 is 1.